The minimum atomic E-state index is -2.75. The number of carbonyl (C=O) groups excluding carboxylic acids is 3. The first-order valence-corrected chi connectivity index (χ1v) is 12.6. The Morgan fingerprint density at radius 3 is 2.20 bits per heavy atom. The molecule has 0 bridgehead atoms. The Bertz CT molecular complexity index is 1390. The van der Waals surface area contributed by atoms with Crippen LogP contribution in [0.15, 0.2) is 60.7 Å². The number of alkyl halides is 2. The summed E-state index contributed by atoms with van der Waals surface area (Å²) in [5.41, 5.74) is 1.02. The lowest BCUT2D eigenvalue weighted by Gasteiger charge is -2.22. The maximum Gasteiger partial charge on any atom is 0.272 e. The molecule has 3 rings (SSSR count). The van der Waals surface area contributed by atoms with Crippen LogP contribution in [0.4, 0.5) is 20.2 Å². The minimum Gasteiger partial charge on any atom is -0.487 e. The number of anilines is 2. The lowest BCUT2D eigenvalue weighted by molar-refractivity contribution is -0.126. The van der Waals surface area contributed by atoms with Crippen molar-refractivity contribution >= 4 is 54.0 Å². The number of ether oxygens (including phenoxy) is 1. The van der Waals surface area contributed by atoms with Crippen LogP contribution >= 0.6 is 11.6 Å². The maximum atomic E-state index is 13.1. The van der Waals surface area contributed by atoms with Crippen molar-refractivity contribution in [3.05, 3.63) is 82.4 Å². The van der Waals surface area contributed by atoms with E-state index in [-0.39, 0.29) is 40.0 Å². The van der Waals surface area contributed by atoms with Crippen LogP contribution in [0.5, 0.6) is 5.75 Å². The first-order chi connectivity index (χ1) is 18.9. The first kappa shape index (κ1) is 30.6. The predicted molar refractivity (Wildman–Crippen MR) is 152 cm³/mol. The molecule has 2 radical (unpaired) electrons. The Hall–Kier alpha value is -3.96. The zero-order valence-electron chi connectivity index (χ0n) is 22.1. The number of carbonyl (C=O) groups is 3. The number of hydrogen-bond donors (Lipinski definition) is 4. The van der Waals surface area contributed by atoms with Crippen LogP contribution in [0, 0.1) is 0 Å². The van der Waals surface area contributed by atoms with Gasteiger partial charge < -0.3 is 26.0 Å². The van der Waals surface area contributed by atoms with Gasteiger partial charge >= 0.3 is 0 Å². The van der Waals surface area contributed by atoms with Crippen molar-refractivity contribution < 1.29 is 27.9 Å². The molecule has 40 heavy (non-hydrogen) atoms. The molecule has 0 aliphatic heterocycles. The standard InChI is InChI=1S/C28H28BClF2N4O4/c1-28(2,33-3)27(39)34-14-16-4-10-22(30)20(12-16)25(37)36-19-9-11-23(40-15-24(31)32)21(13-19)26(38)35-18-7-5-17(29)6-8-18/h4-13,24,33H,14-15H2,1-3H3,(H,34,39)(H,35,38)(H,36,37). The largest absolute Gasteiger partial charge is 0.487 e. The summed E-state index contributed by atoms with van der Waals surface area (Å²) in [4.78, 5) is 38.5. The summed E-state index contributed by atoms with van der Waals surface area (Å²) in [6.07, 6.45) is -2.75. The van der Waals surface area contributed by atoms with Crippen molar-refractivity contribution in [1.82, 2.24) is 10.6 Å². The summed E-state index contributed by atoms with van der Waals surface area (Å²) in [6, 6.07) is 15.1. The molecule has 0 saturated heterocycles. The van der Waals surface area contributed by atoms with Crippen LogP contribution < -0.4 is 31.5 Å². The summed E-state index contributed by atoms with van der Waals surface area (Å²) < 4.78 is 30.7. The fourth-order valence-corrected chi connectivity index (χ4v) is 3.60. The lowest BCUT2D eigenvalue weighted by atomic mass is 9.96. The third-order valence-electron chi connectivity index (χ3n) is 5.94. The lowest BCUT2D eigenvalue weighted by Crippen LogP contribution is -2.50. The number of likely N-dealkylation sites (N-methyl/N-ethyl adjacent to an activating group) is 1. The van der Waals surface area contributed by atoms with Gasteiger partial charge in [0.05, 0.1) is 21.7 Å². The van der Waals surface area contributed by atoms with E-state index in [0.29, 0.717) is 16.7 Å². The van der Waals surface area contributed by atoms with Gasteiger partial charge in [0, 0.05) is 17.9 Å². The Balaban J connectivity index is 1.81. The second-order valence-electron chi connectivity index (χ2n) is 9.32. The average Bonchev–Trinajstić information content (AvgIpc) is 2.92. The quantitative estimate of drug-likeness (QED) is 0.263. The zero-order chi connectivity index (χ0) is 29.4. The van der Waals surface area contributed by atoms with Crippen LogP contribution in [0.2, 0.25) is 5.02 Å². The molecule has 4 N–H and O–H groups in total. The number of rotatable bonds is 11. The number of nitrogens with one attached hydrogen (secondary N) is 4. The van der Waals surface area contributed by atoms with Crippen LogP contribution in [0.1, 0.15) is 40.1 Å². The summed E-state index contributed by atoms with van der Waals surface area (Å²) in [5.74, 6) is -1.55. The molecule has 0 saturated carbocycles. The molecule has 0 aliphatic rings. The number of amides is 3. The van der Waals surface area contributed by atoms with E-state index < -0.39 is 30.4 Å². The zero-order valence-corrected chi connectivity index (χ0v) is 22.9. The van der Waals surface area contributed by atoms with Crippen LogP contribution in [0.3, 0.4) is 0 Å². The molecule has 0 heterocycles. The van der Waals surface area contributed by atoms with Crippen molar-refractivity contribution in [1.29, 1.82) is 0 Å². The van der Waals surface area contributed by atoms with E-state index in [1.807, 2.05) is 0 Å². The highest BCUT2D eigenvalue weighted by molar-refractivity contribution is 6.34. The van der Waals surface area contributed by atoms with Crippen molar-refractivity contribution in [3.63, 3.8) is 0 Å². The highest BCUT2D eigenvalue weighted by atomic mass is 35.5. The Kier molecular flexibility index (Phi) is 10.3. The highest BCUT2D eigenvalue weighted by Crippen LogP contribution is 2.26. The molecule has 3 amide bonds. The van der Waals surface area contributed by atoms with E-state index in [0.717, 1.165) is 0 Å². The third-order valence-corrected chi connectivity index (χ3v) is 6.27. The normalized spacial score (nSPS) is 11.2. The van der Waals surface area contributed by atoms with Crippen molar-refractivity contribution in [2.75, 3.05) is 24.3 Å². The van der Waals surface area contributed by atoms with Crippen LogP contribution in [0.25, 0.3) is 0 Å². The molecule has 3 aromatic rings. The summed E-state index contributed by atoms with van der Waals surface area (Å²) >= 11 is 6.27. The van der Waals surface area contributed by atoms with Crippen molar-refractivity contribution in [3.8, 4) is 5.75 Å². The van der Waals surface area contributed by atoms with Gasteiger partial charge in [0.1, 0.15) is 20.2 Å². The monoisotopic (exact) mass is 568 g/mol. The predicted octanol–water partition coefficient (Wildman–Crippen LogP) is 3.90. The topological polar surface area (TPSA) is 109 Å². The van der Waals surface area contributed by atoms with Gasteiger partial charge in [0.15, 0.2) is 0 Å². The molecule has 0 unspecified atom stereocenters. The fraction of sp³-hybridized carbons (Fsp3) is 0.250. The Morgan fingerprint density at radius 2 is 1.55 bits per heavy atom. The van der Waals surface area contributed by atoms with E-state index in [4.69, 9.17) is 24.2 Å². The molecular weight excluding hydrogens is 541 g/mol. The van der Waals surface area contributed by atoms with Gasteiger partial charge in [0.2, 0.25) is 5.91 Å². The van der Waals surface area contributed by atoms with Gasteiger partial charge in [-0.2, -0.15) is 0 Å². The molecule has 208 valence electrons. The van der Waals surface area contributed by atoms with E-state index >= 15 is 0 Å². The Morgan fingerprint density at radius 1 is 0.925 bits per heavy atom. The molecule has 0 atom stereocenters. The summed E-state index contributed by atoms with van der Waals surface area (Å²) in [5, 5.41) is 11.2. The smallest absolute Gasteiger partial charge is 0.272 e. The van der Waals surface area contributed by atoms with Crippen LogP contribution in [-0.4, -0.2) is 51.2 Å². The molecule has 12 heteroatoms. The number of benzene rings is 3. The SMILES string of the molecule is [B]c1ccc(NC(=O)c2cc(NC(=O)c3cc(CNC(=O)C(C)(C)NC)ccc3Cl)ccc2OCC(F)F)cc1. The number of hydrogen-bond acceptors (Lipinski definition) is 5. The van der Waals surface area contributed by atoms with Crippen molar-refractivity contribution in [2.45, 2.75) is 32.4 Å². The van der Waals surface area contributed by atoms with Gasteiger partial charge in [-0.1, -0.05) is 35.3 Å². The van der Waals surface area contributed by atoms with E-state index in [2.05, 4.69) is 21.3 Å². The molecule has 0 aromatic heterocycles. The molecule has 0 aliphatic carbocycles. The fourth-order valence-electron chi connectivity index (χ4n) is 3.40. The van der Waals surface area contributed by atoms with Gasteiger partial charge in [-0.05, 0) is 68.9 Å². The molecule has 8 nitrogen and oxygen atoms in total. The van der Waals surface area contributed by atoms with E-state index in [1.165, 1.54) is 24.3 Å². The highest BCUT2D eigenvalue weighted by Gasteiger charge is 2.25. The second-order valence-corrected chi connectivity index (χ2v) is 9.72. The number of halogens is 3. The third kappa shape index (κ3) is 8.27. The summed E-state index contributed by atoms with van der Waals surface area (Å²) in [6.45, 7) is 2.71. The van der Waals surface area contributed by atoms with Gasteiger partial charge in [-0.15, -0.1) is 0 Å². The molecule has 0 fully saturated rings. The van der Waals surface area contributed by atoms with Gasteiger partial charge in [0.25, 0.3) is 18.2 Å². The van der Waals surface area contributed by atoms with Crippen molar-refractivity contribution in [2.24, 2.45) is 0 Å². The average molecular weight is 569 g/mol. The van der Waals surface area contributed by atoms with E-state index in [1.54, 1.807) is 57.3 Å². The first-order valence-electron chi connectivity index (χ1n) is 12.2. The maximum absolute atomic E-state index is 13.1. The second kappa shape index (κ2) is 13.4. The molecule has 0 spiro atoms. The molecule has 3 aromatic carbocycles. The van der Waals surface area contributed by atoms with E-state index in [9.17, 15) is 23.2 Å². The summed E-state index contributed by atoms with van der Waals surface area (Å²) in [7, 11) is 7.35. The Labute approximate surface area is 237 Å². The van der Waals surface area contributed by atoms with Gasteiger partial charge in [-0.25, -0.2) is 8.78 Å². The van der Waals surface area contributed by atoms with Gasteiger partial charge in [-0.3, -0.25) is 14.4 Å². The molecular formula is C28H28BClF2N4O4. The van der Waals surface area contributed by atoms with Crippen LogP contribution in [-0.2, 0) is 11.3 Å². The minimum absolute atomic E-state index is 0.0787.